The Hall–Kier alpha value is -2.41. The molecular formula is C28H43N3O4. The van der Waals surface area contributed by atoms with Crippen LogP contribution < -0.4 is 16.0 Å². The van der Waals surface area contributed by atoms with E-state index in [0.717, 1.165) is 57.1 Å². The van der Waals surface area contributed by atoms with Crippen molar-refractivity contribution in [2.45, 2.75) is 109 Å². The molecule has 0 spiro atoms. The normalized spacial score (nSPS) is 20.9. The Balaban J connectivity index is 1.74. The van der Waals surface area contributed by atoms with Crippen LogP contribution in [-0.2, 0) is 25.5 Å². The van der Waals surface area contributed by atoms with Gasteiger partial charge in [0.15, 0.2) is 0 Å². The third kappa shape index (κ3) is 9.28. The molecule has 194 valence electrons. The van der Waals surface area contributed by atoms with Gasteiger partial charge in [-0.15, -0.1) is 0 Å². The highest BCUT2D eigenvalue weighted by Crippen LogP contribution is 2.28. The van der Waals surface area contributed by atoms with Crippen LogP contribution in [0.5, 0.6) is 0 Å². The average molecular weight is 486 g/mol. The summed E-state index contributed by atoms with van der Waals surface area (Å²) in [6.45, 7) is 6.30. The molecule has 0 unspecified atom stereocenters. The van der Waals surface area contributed by atoms with Crippen molar-refractivity contribution in [1.29, 1.82) is 0 Å². The van der Waals surface area contributed by atoms with Crippen LogP contribution in [0.15, 0.2) is 30.3 Å². The van der Waals surface area contributed by atoms with Crippen LogP contribution in [0.2, 0.25) is 0 Å². The average Bonchev–Trinajstić information content (AvgIpc) is 2.84. The summed E-state index contributed by atoms with van der Waals surface area (Å²) >= 11 is 0. The topological polar surface area (TPSA) is 96.5 Å². The molecule has 1 aliphatic carbocycles. The van der Waals surface area contributed by atoms with Gasteiger partial charge in [0, 0.05) is 6.42 Å². The molecular weight excluding hydrogens is 442 g/mol. The van der Waals surface area contributed by atoms with Gasteiger partial charge in [0.2, 0.25) is 11.8 Å². The van der Waals surface area contributed by atoms with E-state index < -0.39 is 23.7 Å². The molecule has 7 heteroatoms. The fraction of sp³-hybridized carbons (Fsp3) is 0.679. The van der Waals surface area contributed by atoms with E-state index in [-0.39, 0.29) is 17.9 Å². The molecule has 0 bridgehead atoms. The van der Waals surface area contributed by atoms with Crippen molar-refractivity contribution >= 4 is 17.8 Å². The lowest BCUT2D eigenvalue weighted by Crippen LogP contribution is -2.57. The number of hydrogen-bond donors (Lipinski definition) is 3. The molecule has 2 fully saturated rings. The maximum atomic E-state index is 13.5. The molecule has 7 nitrogen and oxygen atoms in total. The maximum Gasteiger partial charge on any atom is 0.329 e. The monoisotopic (exact) mass is 485 g/mol. The summed E-state index contributed by atoms with van der Waals surface area (Å²) in [7, 11) is 0. The summed E-state index contributed by atoms with van der Waals surface area (Å²) < 4.78 is 5.67. The SMILES string of the molecule is CC(C)(C)OC(=O)[C@H](CC1CCCCC1)NC(=O)[C@H](Cc1ccccc1)NC(=O)[C@@H]1CCCCN1. The summed E-state index contributed by atoms with van der Waals surface area (Å²) in [5.41, 5.74) is 0.308. The van der Waals surface area contributed by atoms with Crippen molar-refractivity contribution in [3.05, 3.63) is 35.9 Å². The molecule has 3 rings (SSSR count). The van der Waals surface area contributed by atoms with Gasteiger partial charge < -0.3 is 20.7 Å². The second-order valence-corrected chi connectivity index (χ2v) is 11.1. The summed E-state index contributed by atoms with van der Waals surface area (Å²) in [6.07, 6.45) is 9.38. The Morgan fingerprint density at radius 1 is 0.943 bits per heavy atom. The minimum absolute atomic E-state index is 0.165. The first-order valence-electron chi connectivity index (χ1n) is 13.3. The minimum atomic E-state index is -0.773. The third-order valence-corrected chi connectivity index (χ3v) is 6.84. The molecule has 0 radical (unpaired) electrons. The zero-order chi connectivity index (χ0) is 25.3. The fourth-order valence-corrected chi connectivity index (χ4v) is 5.02. The second kappa shape index (κ2) is 13.1. The van der Waals surface area contributed by atoms with Crippen LogP contribution in [0.3, 0.4) is 0 Å². The van der Waals surface area contributed by atoms with Crippen molar-refractivity contribution in [1.82, 2.24) is 16.0 Å². The predicted molar refractivity (Wildman–Crippen MR) is 137 cm³/mol. The number of nitrogens with one attached hydrogen (secondary N) is 3. The quantitative estimate of drug-likeness (QED) is 0.464. The van der Waals surface area contributed by atoms with Crippen LogP contribution in [0.25, 0.3) is 0 Å². The van der Waals surface area contributed by atoms with Crippen LogP contribution in [0, 0.1) is 5.92 Å². The second-order valence-electron chi connectivity index (χ2n) is 11.1. The van der Waals surface area contributed by atoms with Gasteiger partial charge in [-0.25, -0.2) is 4.79 Å². The molecule has 1 heterocycles. The van der Waals surface area contributed by atoms with Gasteiger partial charge in [0.25, 0.3) is 0 Å². The number of rotatable bonds is 9. The van der Waals surface area contributed by atoms with E-state index in [9.17, 15) is 14.4 Å². The smallest absolute Gasteiger partial charge is 0.329 e. The van der Waals surface area contributed by atoms with Gasteiger partial charge in [-0.3, -0.25) is 9.59 Å². The van der Waals surface area contributed by atoms with Gasteiger partial charge >= 0.3 is 5.97 Å². The number of piperidine rings is 1. The van der Waals surface area contributed by atoms with Gasteiger partial charge in [-0.2, -0.15) is 0 Å². The Labute approximate surface area is 210 Å². The van der Waals surface area contributed by atoms with E-state index in [1.165, 1.54) is 6.42 Å². The minimum Gasteiger partial charge on any atom is -0.458 e. The van der Waals surface area contributed by atoms with E-state index in [0.29, 0.717) is 18.8 Å². The highest BCUT2D eigenvalue weighted by Gasteiger charge is 2.33. The van der Waals surface area contributed by atoms with Gasteiger partial charge in [0.1, 0.15) is 17.7 Å². The highest BCUT2D eigenvalue weighted by molar-refractivity contribution is 5.92. The van der Waals surface area contributed by atoms with Crippen molar-refractivity contribution in [2.24, 2.45) is 5.92 Å². The molecule has 3 N–H and O–H groups in total. The molecule has 1 saturated heterocycles. The first-order valence-corrected chi connectivity index (χ1v) is 13.3. The lowest BCUT2D eigenvalue weighted by Gasteiger charge is -2.30. The molecule has 3 atom stereocenters. The molecule has 0 aromatic heterocycles. The molecule has 1 aliphatic heterocycles. The molecule has 35 heavy (non-hydrogen) atoms. The molecule has 1 aromatic carbocycles. The zero-order valence-corrected chi connectivity index (χ0v) is 21.6. The number of benzene rings is 1. The molecule has 1 aromatic rings. The van der Waals surface area contributed by atoms with Crippen LogP contribution in [-0.4, -0.2) is 48.1 Å². The van der Waals surface area contributed by atoms with Crippen molar-refractivity contribution in [3.8, 4) is 0 Å². The molecule has 2 aliphatic rings. The maximum absolute atomic E-state index is 13.5. The first kappa shape index (κ1) is 27.2. The third-order valence-electron chi connectivity index (χ3n) is 6.84. The Morgan fingerprint density at radius 3 is 2.26 bits per heavy atom. The van der Waals surface area contributed by atoms with Crippen LogP contribution in [0.1, 0.15) is 84.1 Å². The Kier molecular flexibility index (Phi) is 10.1. The van der Waals surface area contributed by atoms with Gasteiger partial charge in [0.05, 0.1) is 6.04 Å². The number of carbonyl (C=O) groups excluding carboxylic acids is 3. The number of hydrogen-bond acceptors (Lipinski definition) is 5. The van der Waals surface area contributed by atoms with Gasteiger partial charge in [-0.05, 0) is 58.1 Å². The van der Waals surface area contributed by atoms with Crippen LogP contribution in [0.4, 0.5) is 0 Å². The fourth-order valence-electron chi connectivity index (χ4n) is 5.02. The number of esters is 1. The standard InChI is InChI=1S/C28H43N3O4/c1-28(2,3)35-27(34)24(19-21-14-8-5-9-15-21)31-26(33)23(18-20-12-6-4-7-13-20)30-25(32)22-16-10-11-17-29-22/h4,6-7,12-13,21-24,29H,5,8-11,14-19H2,1-3H3,(H,30,32)(H,31,33)/t22-,23-,24-/m0/s1. The summed E-state index contributed by atoms with van der Waals surface area (Å²) in [5, 5.41) is 9.18. The largest absolute Gasteiger partial charge is 0.458 e. The van der Waals surface area contributed by atoms with E-state index in [2.05, 4.69) is 16.0 Å². The summed E-state index contributed by atoms with van der Waals surface area (Å²) in [4.78, 5) is 39.6. The lowest BCUT2D eigenvalue weighted by molar-refractivity contribution is -0.159. The van der Waals surface area contributed by atoms with Crippen LogP contribution >= 0.6 is 0 Å². The molecule has 1 saturated carbocycles. The van der Waals surface area contributed by atoms with E-state index in [4.69, 9.17) is 4.74 Å². The van der Waals surface area contributed by atoms with Crippen molar-refractivity contribution in [3.63, 3.8) is 0 Å². The Bertz CT molecular complexity index is 824. The van der Waals surface area contributed by atoms with E-state index >= 15 is 0 Å². The number of ether oxygens (including phenoxy) is 1. The number of amides is 2. The Morgan fingerprint density at radius 2 is 1.63 bits per heavy atom. The van der Waals surface area contributed by atoms with Crippen molar-refractivity contribution < 1.29 is 19.1 Å². The van der Waals surface area contributed by atoms with E-state index in [1.54, 1.807) is 0 Å². The molecule has 2 amide bonds. The van der Waals surface area contributed by atoms with Crippen molar-refractivity contribution in [2.75, 3.05) is 6.54 Å². The summed E-state index contributed by atoms with van der Waals surface area (Å²) in [6, 6.07) is 7.85. The zero-order valence-electron chi connectivity index (χ0n) is 21.6. The first-order chi connectivity index (χ1) is 16.7. The summed E-state index contributed by atoms with van der Waals surface area (Å²) in [5.74, 6) is -0.531. The highest BCUT2D eigenvalue weighted by atomic mass is 16.6. The van der Waals surface area contributed by atoms with Gasteiger partial charge in [-0.1, -0.05) is 68.9 Å². The number of carbonyl (C=O) groups is 3. The predicted octanol–water partition coefficient (Wildman–Crippen LogP) is 3.65. The lowest BCUT2D eigenvalue weighted by atomic mass is 9.84. The van der Waals surface area contributed by atoms with E-state index in [1.807, 2.05) is 51.1 Å².